The van der Waals surface area contributed by atoms with Crippen LogP contribution < -0.4 is 5.73 Å². The van der Waals surface area contributed by atoms with Crippen LogP contribution in [0.25, 0.3) is 0 Å². The molecular formula is C13H15ClF3NO. The molecule has 1 aromatic carbocycles. The smallest absolute Gasteiger partial charge is 0.420 e. The van der Waals surface area contributed by atoms with Gasteiger partial charge in [-0.1, -0.05) is 24.4 Å². The van der Waals surface area contributed by atoms with Gasteiger partial charge < -0.3 is 10.8 Å². The number of alkyl halides is 3. The van der Waals surface area contributed by atoms with E-state index in [2.05, 4.69) is 0 Å². The third-order valence-corrected chi connectivity index (χ3v) is 4.22. The van der Waals surface area contributed by atoms with Gasteiger partial charge in [0.25, 0.3) is 0 Å². The molecule has 0 heterocycles. The zero-order valence-corrected chi connectivity index (χ0v) is 11.0. The lowest BCUT2D eigenvalue weighted by molar-refractivity contribution is -0.138. The number of benzene rings is 1. The van der Waals surface area contributed by atoms with Crippen molar-refractivity contribution in [3.63, 3.8) is 0 Å². The van der Waals surface area contributed by atoms with Crippen LogP contribution in [0.1, 0.15) is 36.8 Å². The minimum Gasteiger partial charge on any atom is -0.506 e. The molecule has 0 saturated heterocycles. The minimum absolute atomic E-state index is 0.274. The summed E-state index contributed by atoms with van der Waals surface area (Å²) in [5.41, 5.74) is 4.70. The number of aromatic hydroxyl groups is 1. The van der Waals surface area contributed by atoms with Crippen LogP contribution in [-0.2, 0) is 11.6 Å². The molecule has 1 aliphatic carbocycles. The van der Waals surface area contributed by atoms with Crippen LogP contribution in [0.5, 0.6) is 5.75 Å². The van der Waals surface area contributed by atoms with Crippen molar-refractivity contribution in [1.82, 2.24) is 0 Å². The molecule has 0 spiro atoms. The van der Waals surface area contributed by atoms with Gasteiger partial charge in [-0.3, -0.25) is 0 Å². The maximum absolute atomic E-state index is 12.9. The van der Waals surface area contributed by atoms with Gasteiger partial charge in [0.1, 0.15) is 5.75 Å². The average molecular weight is 294 g/mol. The Bertz CT molecular complexity index is 482. The van der Waals surface area contributed by atoms with E-state index in [-0.39, 0.29) is 11.6 Å². The summed E-state index contributed by atoms with van der Waals surface area (Å²) in [4.78, 5) is 0. The van der Waals surface area contributed by atoms with Crippen molar-refractivity contribution in [2.24, 2.45) is 5.73 Å². The predicted molar refractivity (Wildman–Crippen MR) is 67.3 cm³/mol. The van der Waals surface area contributed by atoms with Gasteiger partial charge in [0.05, 0.1) is 10.6 Å². The van der Waals surface area contributed by atoms with E-state index >= 15 is 0 Å². The molecular weight excluding hydrogens is 279 g/mol. The van der Waals surface area contributed by atoms with Gasteiger partial charge in [-0.2, -0.15) is 13.2 Å². The fraction of sp³-hybridized carbons (Fsp3) is 0.538. The first-order valence-corrected chi connectivity index (χ1v) is 6.48. The van der Waals surface area contributed by atoms with E-state index in [9.17, 15) is 18.3 Å². The van der Waals surface area contributed by atoms with Crippen molar-refractivity contribution in [2.45, 2.75) is 37.3 Å². The summed E-state index contributed by atoms with van der Waals surface area (Å²) in [7, 11) is 0. The fourth-order valence-electron chi connectivity index (χ4n) is 2.78. The Kier molecular flexibility index (Phi) is 3.71. The Morgan fingerprint density at radius 3 is 2.32 bits per heavy atom. The molecule has 0 unspecified atom stereocenters. The summed E-state index contributed by atoms with van der Waals surface area (Å²) in [5.74, 6) is -0.914. The molecule has 6 heteroatoms. The fourth-order valence-corrected chi connectivity index (χ4v) is 3.00. The van der Waals surface area contributed by atoms with Gasteiger partial charge >= 0.3 is 6.18 Å². The van der Waals surface area contributed by atoms with Gasteiger partial charge in [-0.25, -0.2) is 0 Å². The van der Waals surface area contributed by atoms with Crippen LogP contribution in [0.15, 0.2) is 12.1 Å². The molecule has 2 nitrogen and oxygen atoms in total. The first-order valence-electron chi connectivity index (χ1n) is 6.10. The van der Waals surface area contributed by atoms with Crippen molar-refractivity contribution in [1.29, 1.82) is 0 Å². The Balaban J connectivity index is 2.56. The van der Waals surface area contributed by atoms with Gasteiger partial charge in [-0.15, -0.1) is 0 Å². The second-order valence-corrected chi connectivity index (χ2v) is 5.45. The van der Waals surface area contributed by atoms with Crippen LogP contribution in [-0.4, -0.2) is 11.7 Å². The van der Waals surface area contributed by atoms with Crippen LogP contribution in [0.3, 0.4) is 0 Å². The molecule has 0 radical (unpaired) electrons. The number of nitrogens with two attached hydrogens (primary N) is 1. The number of rotatable bonds is 2. The Labute approximate surface area is 114 Å². The highest BCUT2D eigenvalue weighted by molar-refractivity contribution is 6.32. The quantitative estimate of drug-likeness (QED) is 0.870. The summed E-state index contributed by atoms with van der Waals surface area (Å²) in [6.45, 7) is 0.283. The van der Waals surface area contributed by atoms with Crippen LogP contribution in [0, 0.1) is 0 Å². The monoisotopic (exact) mass is 293 g/mol. The molecule has 106 valence electrons. The van der Waals surface area contributed by atoms with E-state index in [0.717, 1.165) is 31.7 Å². The first kappa shape index (κ1) is 14.5. The highest BCUT2D eigenvalue weighted by Gasteiger charge is 2.40. The lowest BCUT2D eigenvalue weighted by Crippen LogP contribution is -2.32. The lowest BCUT2D eigenvalue weighted by atomic mass is 9.78. The lowest BCUT2D eigenvalue weighted by Gasteiger charge is -2.29. The van der Waals surface area contributed by atoms with Crippen molar-refractivity contribution < 1.29 is 18.3 Å². The van der Waals surface area contributed by atoms with Crippen LogP contribution in [0.4, 0.5) is 13.2 Å². The number of phenolic OH excluding ortho intramolecular Hbond substituents is 1. The highest BCUT2D eigenvalue weighted by Crippen LogP contribution is 2.46. The number of hydrogen-bond donors (Lipinski definition) is 2. The van der Waals surface area contributed by atoms with E-state index in [1.54, 1.807) is 0 Å². The standard InChI is InChI=1S/C13H15ClF3NO/c14-10-6-8(12(7-18)3-1-2-4-12)5-9(11(10)19)13(15,16)17/h5-6,19H,1-4,7,18H2. The second kappa shape index (κ2) is 4.87. The van der Waals surface area contributed by atoms with E-state index in [1.807, 2.05) is 0 Å². The molecule has 0 bridgehead atoms. The van der Waals surface area contributed by atoms with Crippen LogP contribution in [0.2, 0.25) is 5.02 Å². The van der Waals surface area contributed by atoms with Crippen molar-refractivity contribution in [3.05, 3.63) is 28.3 Å². The summed E-state index contributed by atoms with van der Waals surface area (Å²) in [6.07, 6.45) is -1.24. The average Bonchev–Trinajstić information content (AvgIpc) is 2.80. The van der Waals surface area contributed by atoms with Gasteiger partial charge in [0.2, 0.25) is 0 Å². The zero-order valence-electron chi connectivity index (χ0n) is 10.2. The topological polar surface area (TPSA) is 46.2 Å². The summed E-state index contributed by atoms with van der Waals surface area (Å²) in [6, 6.07) is 2.39. The maximum atomic E-state index is 12.9. The first-order chi connectivity index (χ1) is 8.80. The van der Waals surface area contributed by atoms with Crippen molar-refractivity contribution in [3.8, 4) is 5.75 Å². The number of hydrogen-bond acceptors (Lipinski definition) is 2. The molecule has 0 amide bonds. The van der Waals surface area contributed by atoms with E-state index in [0.29, 0.717) is 5.56 Å². The molecule has 0 aliphatic heterocycles. The normalized spacial score (nSPS) is 18.8. The molecule has 0 aromatic heterocycles. The Morgan fingerprint density at radius 1 is 1.26 bits per heavy atom. The third-order valence-electron chi connectivity index (χ3n) is 3.93. The summed E-state index contributed by atoms with van der Waals surface area (Å²) in [5, 5.41) is 9.20. The van der Waals surface area contributed by atoms with Crippen molar-refractivity contribution >= 4 is 11.6 Å². The maximum Gasteiger partial charge on any atom is 0.420 e. The van der Waals surface area contributed by atoms with Gasteiger partial charge in [-0.05, 0) is 30.5 Å². The Hall–Kier alpha value is -0.940. The minimum atomic E-state index is -4.63. The van der Waals surface area contributed by atoms with Crippen LogP contribution >= 0.6 is 11.6 Å². The van der Waals surface area contributed by atoms with Crippen molar-refractivity contribution in [2.75, 3.05) is 6.54 Å². The molecule has 1 aromatic rings. The second-order valence-electron chi connectivity index (χ2n) is 5.04. The molecule has 1 fully saturated rings. The molecule has 19 heavy (non-hydrogen) atoms. The molecule has 1 saturated carbocycles. The Morgan fingerprint density at radius 2 is 1.84 bits per heavy atom. The SMILES string of the molecule is NCC1(c2cc(Cl)c(O)c(C(F)(F)F)c2)CCCC1. The molecule has 0 atom stereocenters. The number of halogens is 4. The summed E-state index contributed by atoms with van der Waals surface area (Å²) >= 11 is 5.73. The number of phenols is 1. The van der Waals surface area contributed by atoms with Gasteiger partial charge in [0, 0.05) is 12.0 Å². The van der Waals surface area contributed by atoms with E-state index in [1.165, 1.54) is 6.07 Å². The highest BCUT2D eigenvalue weighted by atomic mass is 35.5. The zero-order chi connectivity index (χ0) is 14.3. The molecule has 3 N–H and O–H groups in total. The molecule has 2 rings (SSSR count). The van der Waals surface area contributed by atoms with E-state index in [4.69, 9.17) is 17.3 Å². The largest absolute Gasteiger partial charge is 0.506 e. The summed E-state index contributed by atoms with van der Waals surface area (Å²) < 4.78 is 38.6. The third kappa shape index (κ3) is 2.54. The van der Waals surface area contributed by atoms with E-state index < -0.39 is 22.9 Å². The van der Waals surface area contributed by atoms with Gasteiger partial charge in [0.15, 0.2) is 0 Å². The predicted octanol–water partition coefficient (Wildman–Crippen LogP) is 3.83. The molecule has 1 aliphatic rings.